The van der Waals surface area contributed by atoms with Crippen LogP contribution in [0.15, 0.2) is 21.0 Å². The lowest BCUT2D eigenvalue weighted by atomic mass is 10.2. The average Bonchev–Trinajstić information content (AvgIpc) is 2.83. The summed E-state index contributed by atoms with van der Waals surface area (Å²) in [5, 5.41) is 10.8. The summed E-state index contributed by atoms with van der Waals surface area (Å²) in [6.45, 7) is 6.47. The first-order valence-corrected chi connectivity index (χ1v) is 5.27. The van der Waals surface area contributed by atoms with Crippen molar-refractivity contribution in [3.05, 3.63) is 29.5 Å². The smallest absolute Gasteiger partial charge is 0.315 e. The largest absolute Gasteiger partial charge is 0.465 e. The Morgan fingerprint density at radius 1 is 1.25 bits per heavy atom. The maximum absolute atomic E-state index is 5.41. The van der Waals surface area contributed by atoms with Crippen LogP contribution in [0.4, 0.5) is 6.01 Å². The van der Waals surface area contributed by atoms with Gasteiger partial charge in [-0.2, -0.15) is 0 Å². The Morgan fingerprint density at radius 2 is 2.06 bits per heavy atom. The minimum Gasteiger partial charge on any atom is -0.465 e. The Kier molecular flexibility index (Phi) is 2.94. The molecule has 2 aromatic rings. The van der Waals surface area contributed by atoms with Gasteiger partial charge in [-0.15, -0.1) is 5.10 Å². The fourth-order valence-electron chi connectivity index (χ4n) is 1.28. The van der Waals surface area contributed by atoms with Crippen molar-refractivity contribution in [3.8, 4) is 0 Å². The minimum atomic E-state index is 0.244. The van der Waals surface area contributed by atoms with Gasteiger partial charge in [-0.3, -0.25) is 0 Å². The van der Waals surface area contributed by atoms with Crippen molar-refractivity contribution in [1.29, 1.82) is 0 Å². The maximum Gasteiger partial charge on any atom is 0.315 e. The molecule has 2 aromatic heterocycles. The topological polar surface area (TPSA) is 64.1 Å². The van der Waals surface area contributed by atoms with Crippen LogP contribution in [0.5, 0.6) is 0 Å². The normalized spacial score (nSPS) is 11.0. The number of anilines is 1. The summed E-state index contributed by atoms with van der Waals surface area (Å²) in [4.78, 5) is 0. The van der Waals surface area contributed by atoms with Gasteiger partial charge in [-0.05, 0) is 19.1 Å². The second-order valence-electron chi connectivity index (χ2n) is 3.97. The molecule has 2 rings (SSSR count). The lowest BCUT2D eigenvalue weighted by Gasteiger charge is -1.98. The van der Waals surface area contributed by atoms with Crippen LogP contribution in [0.25, 0.3) is 0 Å². The van der Waals surface area contributed by atoms with Crippen molar-refractivity contribution < 1.29 is 8.83 Å². The van der Waals surface area contributed by atoms with E-state index >= 15 is 0 Å². The Labute approximate surface area is 93.9 Å². The molecule has 0 aliphatic carbocycles. The van der Waals surface area contributed by atoms with Crippen molar-refractivity contribution in [2.75, 3.05) is 5.32 Å². The van der Waals surface area contributed by atoms with Crippen LogP contribution in [0.2, 0.25) is 0 Å². The highest BCUT2D eigenvalue weighted by Gasteiger charge is 2.09. The molecule has 0 saturated carbocycles. The van der Waals surface area contributed by atoms with Gasteiger partial charge in [0.25, 0.3) is 0 Å². The molecule has 0 saturated heterocycles. The van der Waals surface area contributed by atoms with E-state index in [1.807, 2.05) is 32.9 Å². The van der Waals surface area contributed by atoms with Crippen LogP contribution < -0.4 is 5.32 Å². The molecular weight excluding hydrogens is 206 g/mol. The Morgan fingerprint density at radius 3 is 2.62 bits per heavy atom. The molecule has 1 N–H and O–H groups in total. The summed E-state index contributed by atoms with van der Waals surface area (Å²) in [5.74, 6) is 2.62. The summed E-state index contributed by atoms with van der Waals surface area (Å²) in [6.07, 6.45) is 0. The van der Waals surface area contributed by atoms with E-state index in [0.29, 0.717) is 18.5 Å². The molecule has 5 heteroatoms. The van der Waals surface area contributed by atoms with Gasteiger partial charge in [0, 0.05) is 5.92 Å². The molecule has 2 heterocycles. The van der Waals surface area contributed by atoms with Gasteiger partial charge < -0.3 is 14.2 Å². The van der Waals surface area contributed by atoms with Crippen molar-refractivity contribution in [2.45, 2.75) is 33.2 Å². The number of hydrogen-bond donors (Lipinski definition) is 1. The monoisotopic (exact) mass is 221 g/mol. The van der Waals surface area contributed by atoms with Gasteiger partial charge in [0.2, 0.25) is 5.89 Å². The first-order valence-electron chi connectivity index (χ1n) is 5.27. The zero-order valence-corrected chi connectivity index (χ0v) is 9.65. The van der Waals surface area contributed by atoms with E-state index in [1.54, 1.807) is 0 Å². The highest BCUT2D eigenvalue weighted by Crippen LogP contribution is 2.15. The van der Waals surface area contributed by atoms with Crippen LogP contribution in [-0.4, -0.2) is 10.2 Å². The lowest BCUT2D eigenvalue weighted by Crippen LogP contribution is -1.97. The molecule has 86 valence electrons. The number of aryl methyl sites for hydroxylation is 1. The Hall–Kier alpha value is -1.78. The van der Waals surface area contributed by atoms with E-state index in [0.717, 1.165) is 11.5 Å². The van der Waals surface area contributed by atoms with E-state index in [4.69, 9.17) is 8.83 Å². The van der Waals surface area contributed by atoms with E-state index in [-0.39, 0.29) is 5.92 Å². The third-order valence-corrected chi connectivity index (χ3v) is 2.14. The lowest BCUT2D eigenvalue weighted by molar-refractivity contribution is 0.468. The van der Waals surface area contributed by atoms with Gasteiger partial charge in [-0.1, -0.05) is 18.9 Å². The van der Waals surface area contributed by atoms with Crippen molar-refractivity contribution in [2.24, 2.45) is 0 Å². The molecule has 0 unspecified atom stereocenters. The Bertz CT molecular complexity index is 459. The van der Waals surface area contributed by atoms with Crippen molar-refractivity contribution >= 4 is 6.01 Å². The molecular formula is C11H15N3O2. The standard InChI is InChI=1S/C11H15N3O2/c1-7(2)10-13-14-11(16-10)12-6-9-5-4-8(3)15-9/h4-5,7H,6H2,1-3H3,(H,12,14). The van der Waals surface area contributed by atoms with E-state index in [2.05, 4.69) is 15.5 Å². The first kappa shape index (κ1) is 10.7. The number of rotatable bonds is 4. The quantitative estimate of drug-likeness (QED) is 0.859. The van der Waals surface area contributed by atoms with Crippen LogP contribution in [0.3, 0.4) is 0 Å². The summed E-state index contributed by atoms with van der Waals surface area (Å²) in [6, 6.07) is 4.27. The number of furan rings is 1. The van der Waals surface area contributed by atoms with Crippen LogP contribution in [0, 0.1) is 6.92 Å². The van der Waals surface area contributed by atoms with Gasteiger partial charge in [0.1, 0.15) is 11.5 Å². The van der Waals surface area contributed by atoms with Gasteiger partial charge >= 0.3 is 6.01 Å². The number of nitrogens with one attached hydrogen (secondary N) is 1. The molecule has 5 nitrogen and oxygen atoms in total. The molecule has 16 heavy (non-hydrogen) atoms. The third-order valence-electron chi connectivity index (χ3n) is 2.14. The Balaban J connectivity index is 1.94. The molecule has 0 aliphatic heterocycles. The van der Waals surface area contributed by atoms with Crippen LogP contribution >= 0.6 is 0 Å². The predicted molar refractivity (Wildman–Crippen MR) is 59.2 cm³/mol. The predicted octanol–water partition coefficient (Wildman–Crippen LogP) is 2.71. The third kappa shape index (κ3) is 2.42. The number of aromatic nitrogens is 2. The van der Waals surface area contributed by atoms with Crippen LogP contribution in [-0.2, 0) is 6.54 Å². The molecule has 0 bridgehead atoms. The first-order chi connectivity index (χ1) is 7.65. The molecule has 0 aliphatic rings. The summed E-state index contributed by atoms with van der Waals surface area (Å²) in [5.41, 5.74) is 0. The van der Waals surface area contributed by atoms with Gasteiger partial charge in [-0.25, -0.2) is 0 Å². The summed E-state index contributed by atoms with van der Waals surface area (Å²) >= 11 is 0. The number of hydrogen-bond acceptors (Lipinski definition) is 5. The summed E-state index contributed by atoms with van der Waals surface area (Å²) < 4.78 is 10.8. The molecule has 0 aromatic carbocycles. The molecule has 0 spiro atoms. The van der Waals surface area contributed by atoms with Gasteiger partial charge in [0.15, 0.2) is 0 Å². The fraction of sp³-hybridized carbons (Fsp3) is 0.455. The minimum absolute atomic E-state index is 0.244. The second kappa shape index (κ2) is 4.38. The van der Waals surface area contributed by atoms with E-state index < -0.39 is 0 Å². The SMILES string of the molecule is Cc1ccc(CNc2nnc(C(C)C)o2)o1. The molecule has 0 radical (unpaired) electrons. The van der Waals surface area contributed by atoms with E-state index in [1.165, 1.54) is 0 Å². The molecule has 0 amide bonds. The number of nitrogens with zero attached hydrogens (tertiary/aromatic N) is 2. The van der Waals surface area contributed by atoms with Crippen molar-refractivity contribution in [1.82, 2.24) is 10.2 Å². The second-order valence-corrected chi connectivity index (χ2v) is 3.97. The highest BCUT2D eigenvalue weighted by atomic mass is 16.4. The maximum atomic E-state index is 5.41. The van der Waals surface area contributed by atoms with Crippen molar-refractivity contribution in [3.63, 3.8) is 0 Å². The van der Waals surface area contributed by atoms with Crippen LogP contribution in [0.1, 0.15) is 37.2 Å². The zero-order valence-electron chi connectivity index (χ0n) is 9.65. The van der Waals surface area contributed by atoms with E-state index in [9.17, 15) is 0 Å². The zero-order chi connectivity index (χ0) is 11.5. The molecule has 0 fully saturated rings. The average molecular weight is 221 g/mol. The highest BCUT2D eigenvalue weighted by molar-refractivity contribution is 5.20. The summed E-state index contributed by atoms with van der Waals surface area (Å²) in [7, 11) is 0. The van der Waals surface area contributed by atoms with Gasteiger partial charge in [0.05, 0.1) is 6.54 Å². The molecule has 0 atom stereocenters. The fourth-order valence-corrected chi connectivity index (χ4v) is 1.28.